The lowest BCUT2D eigenvalue weighted by Crippen LogP contribution is -2.46. The number of carbonyl (C=O) groups is 4. The minimum absolute atomic E-state index is 0.0163. The number of phosphoric acid groups is 3. The predicted octanol–water partition coefficient (Wildman–Crippen LogP) is -2.34. The van der Waals surface area contributed by atoms with Gasteiger partial charge in [0.2, 0.25) is 16.9 Å². The molecule has 2 aromatic heterocycles. The van der Waals surface area contributed by atoms with Gasteiger partial charge >= 0.3 is 5.97 Å². The van der Waals surface area contributed by atoms with Gasteiger partial charge in [-0.05, 0) is 12.3 Å². The molecule has 0 bridgehead atoms. The van der Waals surface area contributed by atoms with Gasteiger partial charge in [0.05, 0.1) is 27.4 Å². The van der Waals surface area contributed by atoms with Gasteiger partial charge in [-0.2, -0.15) is 0 Å². The zero-order chi connectivity index (χ0) is 45.2. The van der Waals surface area contributed by atoms with Gasteiger partial charge in [0.1, 0.15) is 42.2 Å². The summed E-state index contributed by atoms with van der Waals surface area (Å²) in [5, 5.41) is 35.0. The van der Waals surface area contributed by atoms with E-state index in [1.54, 1.807) is 0 Å². The van der Waals surface area contributed by atoms with E-state index >= 15 is 0 Å². The molecule has 0 aliphatic carbocycles. The number of rotatable bonds is 25. The van der Waals surface area contributed by atoms with Crippen molar-refractivity contribution in [2.24, 2.45) is 17.3 Å². The second kappa shape index (κ2) is 21.9. The molecular formula is C30H46N7O19P3S-4. The molecule has 26 nitrogen and oxygen atoms in total. The van der Waals surface area contributed by atoms with Crippen LogP contribution in [-0.2, 0) is 55.5 Å². The van der Waals surface area contributed by atoms with Crippen molar-refractivity contribution in [2.45, 2.75) is 84.0 Å². The molecule has 1 aliphatic heterocycles. The van der Waals surface area contributed by atoms with Gasteiger partial charge in [0.15, 0.2) is 17.7 Å². The number of carboxylic acid groups (broad SMARTS) is 1. The van der Waals surface area contributed by atoms with Crippen LogP contribution in [0.25, 0.3) is 11.2 Å². The highest BCUT2D eigenvalue weighted by Gasteiger charge is 2.47. The second-order valence-corrected chi connectivity index (χ2v) is 19.5. The van der Waals surface area contributed by atoms with Gasteiger partial charge in [-0.25, -0.2) is 19.3 Å². The Kier molecular flexibility index (Phi) is 18.8. The maximum Gasteiger partial charge on any atom is 0.314 e. The van der Waals surface area contributed by atoms with E-state index in [9.17, 15) is 67.8 Å². The number of aromatic nitrogens is 4. The topological polar surface area (TPSA) is 412 Å². The minimum atomic E-state index is -5.94. The highest BCUT2D eigenvalue weighted by molar-refractivity contribution is 8.13. The molecule has 340 valence electrons. The Bertz CT molecular complexity index is 1970. The second-order valence-electron chi connectivity index (χ2n) is 14.4. The number of imidazole rings is 1. The lowest BCUT2D eigenvalue weighted by Gasteiger charge is -2.36. The third-order valence-electron chi connectivity index (χ3n) is 8.58. The molecule has 3 rings (SSSR count). The fourth-order valence-electron chi connectivity index (χ4n) is 5.43. The first-order valence-corrected chi connectivity index (χ1v) is 23.3. The average Bonchev–Trinajstić information content (AvgIpc) is 3.69. The fourth-order valence-corrected chi connectivity index (χ4v) is 8.99. The van der Waals surface area contributed by atoms with Crippen molar-refractivity contribution in [2.75, 3.05) is 37.8 Å². The standard InChI is InChI=1S/C30H50N7O19P3S/c1-16(2)6-5-7-17(28(42)43)29(44)60-11-10-32-19(38)8-9-33-26(41)23(40)30(3,4)13-53-59(50,51)56-58(48,49)52-12-18-22(55-57(45,46)47)21(39)27(54-18)37-15-36-20-24(31)34-14-35-25(20)37/h14-18,21-23,27,39-40H,5-13H2,1-4H3,(H,32,38)(H,33,41)(H,42,43)(H,48,49)(H,50,51)(H2,31,34,35)(H2,45,46,47)/p-4. The molecule has 0 spiro atoms. The lowest BCUT2D eigenvalue weighted by molar-refractivity contribution is -0.347. The number of aliphatic hydroxyl groups excluding tert-OH is 2. The van der Waals surface area contributed by atoms with E-state index in [1.807, 2.05) is 13.8 Å². The van der Waals surface area contributed by atoms with E-state index in [4.69, 9.17) is 10.5 Å². The maximum absolute atomic E-state index is 12.6. The number of nitrogen functional groups attached to an aromatic ring is 1. The number of thioether (sulfide) groups is 1. The number of carboxylic acids is 1. The molecule has 8 unspecified atom stereocenters. The molecule has 1 aliphatic rings. The van der Waals surface area contributed by atoms with Crippen LogP contribution in [0.4, 0.5) is 5.82 Å². The number of hydrogen-bond acceptors (Lipinski definition) is 23. The Morgan fingerprint density at radius 2 is 1.70 bits per heavy atom. The molecule has 1 saturated heterocycles. The number of nitrogens with zero attached hydrogens (tertiary/aromatic N) is 4. The minimum Gasteiger partial charge on any atom is -0.790 e. The summed E-state index contributed by atoms with van der Waals surface area (Å²) < 4.78 is 60.5. The van der Waals surface area contributed by atoms with E-state index in [1.165, 1.54) is 13.8 Å². The van der Waals surface area contributed by atoms with Crippen molar-refractivity contribution < 1.29 is 90.4 Å². The van der Waals surface area contributed by atoms with Crippen LogP contribution >= 0.6 is 35.2 Å². The van der Waals surface area contributed by atoms with E-state index < -0.39 is 102 Å². The summed E-state index contributed by atoms with van der Waals surface area (Å²) in [6.45, 7) is 3.71. The summed E-state index contributed by atoms with van der Waals surface area (Å²) in [5.74, 6) is -3.63. The van der Waals surface area contributed by atoms with E-state index in [-0.39, 0.29) is 48.7 Å². The van der Waals surface area contributed by atoms with Crippen molar-refractivity contribution in [3.8, 4) is 0 Å². The molecule has 0 aromatic carbocycles. The number of nitrogens with two attached hydrogens (primary N) is 1. The third-order valence-corrected chi connectivity index (χ3v) is 12.6. The Morgan fingerprint density at radius 1 is 1.03 bits per heavy atom. The zero-order valence-corrected chi connectivity index (χ0v) is 36.0. The number of amides is 2. The number of hydrogen-bond donors (Lipinski definition) is 6. The first-order chi connectivity index (χ1) is 27.7. The summed E-state index contributed by atoms with van der Waals surface area (Å²) in [5.41, 5.74) is 4.00. The summed E-state index contributed by atoms with van der Waals surface area (Å²) in [6, 6.07) is 0. The highest BCUT2D eigenvalue weighted by Crippen LogP contribution is 2.56. The van der Waals surface area contributed by atoms with E-state index in [2.05, 4.69) is 43.5 Å². The molecule has 0 saturated carbocycles. The summed E-state index contributed by atoms with van der Waals surface area (Å²) >= 11 is 0.773. The molecule has 2 amide bonds. The van der Waals surface area contributed by atoms with Crippen LogP contribution in [0, 0.1) is 17.3 Å². The van der Waals surface area contributed by atoms with Crippen LogP contribution in [0.15, 0.2) is 12.7 Å². The molecule has 8 atom stereocenters. The summed E-state index contributed by atoms with van der Waals surface area (Å²) in [4.78, 5) is 108. The number of anilines is 1. The van der Waals surface area contributed by atoms with Crippen molar-refractivity contribution >= 4 is 75.1 Å². The summed E-state index contributed by atoms with van der Waals surface area (Å²) in [7, 11) is -17.7. The Morgan fingerprint density at radius 3 is 2.33 bits per heavy atom. The molecule has 0 radical (unpaired) electrons. The van der Waals surface area contributed by atoms with Gasteiger partial charge in [-0.3, -0.25) is 32.9 Å². The first kappa shape index (κ1) is 51.4. The van der Waals surface area contributed by atoms with Crippen LogP contribution in [0.2, 0.25) is 0 Å². The van der Waals surface area contributed by atoms with E-state index in [0.29, 0.717) is 12.3 Å². The number of aliphatic hydroxyl groups is 2. The average molecular weight is 934 g/mol. The highest BCUT2D eigenvalue weighted by atomic mass is 32.2. The number of carbonyl (C=O) groups excluding carboxylic acids is 3. The van der Waals surface area contributed by atoms with Crippen molar-refractivity contribution in [3.63, 3.8) is 0 Å². The smallest absolute Gasteiger partial charge is 0.314 e. The SMILES string of the molecule is CC(C)CCCC(C(=O)O)C(=O)SCCNC(=O)CCNC(=O)C(O)C(C)(C)COP(=O)([O-])OP(=O)([O-])OCC1OC(n2cnc3c(N)ncnc32)C(O)C1OP(=O)([O-])[O-]. The number of phosphoric ester groups is 3. The number of aliphatic carboxylic acids is 1. The van der Waals surface area contributed by atoms with Crippen LogP contribution in [-0.4, -0.2) is 114 Å². The quantitative estimate of drug-likeness (QED) is 0.0345. The molecule has 60 heavy (non-hydrogen) atoms. The molecule has 1 fully saturated rings. The van der Waals surface area contributed by atoms with Crippen LogP contribution in [0.5, 0.6) is 0 Å². The first-order valence-electron chi connectivity index (χ1n) is 17.9. The van der Waals surface area contributed by atoms with Crippen molar-refractivity contribution in [1.82, 2.24) is 30.2 Å². The van der Waals surface area contributed by atoms with Crippen molar-refractivity contribution in [1.29, 1.82) is 0 Å². The van der Waals surface area contributed by atoms with Crippen LogP contribution < -0.4 is 35.9 Å². The predicted molar refractivity (Wildman–Crippen MR) is 198 cm³/mol. The number of fused-ring (bicyclic) bond motifs is 1. The number of ether oxygens (including phenoxy) is 1. The third kappa shape index (κ3) is 15.7. The summed E-state index contributed by atoms with van der Waals surface area (Å²) in [6.07, 6.45) is -6.25. The Labute approximate surface area is 346 Å². The molecule has 7 N–H and O–H groups in total. The zero-order valence-electron chi connectivity index (χ0n) is 32.5. The Hall–Kier alpha value is -2.97. The van der Waals surface area contributed by atoms with Crippen molar-refractivity contribution in [3.05, 3.63) is 12.7 Å². The monoisotopic (exact) mass is 933 g/mol. The lowest BCUT2D eigenvalue weighted by atomic mass is 9.87. The maximum atomic E-state index is 12.6. The molecule has 2 aromatic rings. The van der Waals surface area contributed by atoms with Gasteiger partial charge in [0.25, 0.3) is 15.6 Å². The van der Waals surface area contributed by atoms with Gasteiger partial charge < -0.3 is 74.1 Å². The van der Waals surface area contributed by atoms with Gasteiger partial charge in [-0.15, -0.1) is 0 Å². The Balaban J connectivity index is 1.46. The molecule has 3 heterocycles. The fraction of sp³-hybridized carbons (Fsp3) is 0.700. The van der Waals surface area contributed by atoms with E-state index in [0.717, 1.165) is 35.4 Å². The van der Waals surface area contributed by atoms with Crippen LogP contribution in [0.1, 0.15) is 59.6 Å². The van der Waals surface area contributed by atoms with Gasteiger partial charge in [-0.1, -0.05) is 52.3 Å². The number of nitrogens with one attached hydrogen (secondary N) is 2. The largest absolute Gasteiger partial charge is 0.790 e. The normalized spacial score (nSPS) is 21.6. The molecule has 30 heteroatoms. The van der Waals surface area contributed by atoms with Crippen LogP contribution in [0.3, 0.4) is 0 Å². The van der Waals surface area contributed by atoms with Gasteiger partial charge in [0, 0.05) is 30.7 Å². The molecular weight excluding hydrogens is 887 g/mol.